The molecule has 3 aromatic heterocycles. The highest BCUT2D eigenvalue weighted by Gasteiger charge is 2.06. The second kappa shape index (κ2) is 3.76. The molecular weight excluding hydrogens is 216 g/mol. The van der Waals surface area contributed by atoms with E-state index in [0.29, 0.717) is 0 Å². The summed E-state index contributed by atoms with van der Waals surface area (Å²) in [6, 6.07) is 10.4. The van der Waals surface area contributed by atoms with Gasteiger partial charge in [-0.1, -0.05) is 13.0 Å². The van der Waals surface area contributed by atoms with Gasteiger partial charge in [0, 0.05) is 17.3 Å². The Morgan fingerprint density at radius 2 is 2.19 bits per heavy atom. The van der Waals surface area contributed by atoms with E-state index in [-0.39, 0.29) is 0 Å². The number of aromatic nitrogens is 2. The lowest BCUT2D eigenvalue weighted by atomic mass is 10.3. The third-order valence-corrected chi connectivity index (χ3v) is 3.88. The Morgan fingerprint density at radius 3 is 2.94 bits per heavy atom. The molecule has 0 radical (unpaired) electrons. The lowest BCUT2D eigenvalue weighted by molar-refractivity contribution is 1.19. The fraction of sp³-hybridized carbons (Fsp3) is 0.154. The third-order valence-electron chi connectivity index (χ3n) is 2.63. The largest absolute Gasteiger partial charge is 0.306 e. The number of imidazole rings is 1. The van der Waals surface area contributed by atoms with Crippen molar-refractivity contribution in [2.45, 2.75) is 13.3 Å². The van der Waals surface area contributed by atoms with E-state index in [1.54, 1.807) is 0 Å². The van der Waals surface area contributed by atoms with Crippen LogP contribution in [0.2, 0.25) is 0 Å². The molecule has 0 saturated heterocycles. The minimum Gasteiger partial charge on any atom is -0.306 e. The average molecular weight is 228 g/mol. The maximum Gasteiger partial charge on any atom is 0.137 e. The van der Waals surface area contributed by atoms with E-state index in [1.807, 2.05) is 35.7 Å². The van der Waals surface area contributed by atoms with E-state index in [1.165, 1.54) is 9.75 Å². The number of nitrogens with zero attached hydrogens (tertiary/aromatic N) is 2. The molecule has 80 valence electrons. The SMILES string of the molecule is CCc1ccc(-c2cn3ccccc3n2)s1. The summed E-state index contributed by atoms with van der Waals surface area (Å²) in [6.07, 6.45) is 5.21. The molecule has 3 aromatic rings. The van der Waals surface area contributed by atoms with E-state index >= 15 is 0 Å². The number of thiophene rings is 1. The lowest BCUT2D eigenvalue weighted by Gasteiger charge is -1.87. The Bertz CT molecular complexity index is 588. The first kappa shape index (κ1) is 9.60. The van der Waals surface area contributed by atoms with Crippen LogP contribution in [0, 0.1) is 0 Å². The molecule has 0 N–H and O–H groups in total. The van der Waals surface area contributed by atoms with Gasteiger partial charge in [0.05, 0.1) is 10.6 Å². The van der Waals surface area contributed by atoms with Crippen molar-refractivity contribution in [2.75, 3.05) is 0 Å². The number of aryl methyl sites for hydroxylation is 1. The fourth-order valence-corrected chi connectivity index (χ4v) is 2.66. The molecule has 0 atom stereocenters. The van der Waals surface area contributed by atoms with Gasteiger partial charge in [-0.05, 0) is 30.7 Å². The van der Waals surface area contributed by atoms with Crippen molar-refractivity contribution in [3.8, 4) is 10.6 Å². The zero-order valence-corrected chi connectivity index (χ0v) is 9.87. The van der Waals surface area contributed by atoms with Crippen molar-refractivity contribution in [1.29, 1.82) is 0 Å². The van der Waals surface area contributed by atoms with Crippen LogP contribution in [0.1, 0.15) is 11.8 Å². The molecule has 0 aliphatic carbocycles. The average Bonchev–Trinajstić information content (AvgIpc) is 2.95. The number of pyridine rings is 1. The van der Waals surface area contributed by atoms with Gasteiger partial charge in [-0.3, -0.25) is 0 Å². The molecule has 0 amide bonds. The number of hydrogen-bond donors (Lipinski definition) is 0. The molecule has 16 heavy (non-hydrogen) atoms. The van der Waals surface area contributed by atoms with Crippen molar-refractivity contribution in [3.05, 3.63) is 47.6 Å². The highest BCUT2D eigenvalue weighted by atomic mass is 32.1. The molecule has 3 heteroatoms. The molecule has 3 heterocycles. The van der Waals surface area contributed by atoms with Crippen molar-refractivity contribution >= 4 is 17.0 Å². The van der Waals surface area contributed by atoms with Gasteiger partial charge in [0.15, 0.2) is 0 Å². The van der Waals surface area contributed by atoms with Crippen molar-refractivity contribution in [2.24, 2.45) is 0 Å². The first-order chi connectivity index (χ1) is 7.86. The van der Waals surface area contributed by atoms with Crippen LogP contribution in [0.15, 0.2) is 42.7 Å². The first-order valence-electron chi connectivity index (χ1n) is 5.39. The standard InChI is InChI=1S/C13H12N2S/c1-2-10-6-7-12(16-10)11-9-15-8-4-3-5-13(15)14-11/h3-9H,2H2,1H3. The predicted octanol–water partition coefficient (Wildman–Crippen LogP) is 3.63. The number of rotatable bonds is 2. The predicted molar refractivity (Wildman–Crippen MR) is 67.9 cm³/mol. The van der Waals surface area contributed by atoms with Gasteiger partial charge in [0.1, 0.15) is 5.65 Å². The summed E-state index contributed by atoms with van der Waals surface area (Å²) in [5.74, 6) is 0. The van der Waals surface area contributed by atoms with Gasteiger partial charge in [0.25, 0.3) is 0 Å². The van der Waals surface area contributed by atoms with Crippen molar-refractivity contribution < 1.29 is 0 Å². The molecule has 3 rings (SSSR count). The first-order valence-corrected chi connectivity index (χ1v) is 6.21. The summed E-state index contributed by atoms with van der Waals surface area (Å²) in [5, 5.41) is 0. The van der Waals surface area contributed by atoms with Crippen molar-refractivity contribution in [1.82, 2.24) is 9.38 Å². The Hall–Kier alpha value is -1.61. The number of fused-ring (bicyclic) bond motifs is 1. The summed E-state index contributed by atoms with van der Waals surface area (Å²) < 4.78 is 2.06. The van der Waals surface area contributed by atoms with E-state index < -0.39 is 0 Å². The number of hydrogen-bond acceptors (Lipinski definition) is 2. The van der Waals surface area contributed by atoms with E-state index in [4.69, 9.17) is 0 Å². The van der Waals surface area contributed by atoms with Gasteiger partial charge < -0.3 is 4.40 Å². The molecule has 0 fully saturated rings. The van der Waals surface area contributed by atoms with Crippen LogP contribution in [0.25, 0.3) is 16.2 Å². The van der Waals surface area contributed by atoms with Crippen molar-refractivity contribution in [3.63, 3.8) is 0 Å². The normalized spacial score (nSPS) is 11.1. The van der Waals surface area contributed by atoms with E-state index in [2.05, 4.69) is 34.6 Å². The maximum atomic E-state index is 4.60. The van der Waals surface area contributed by atoms with Gasteiger partial charge in [-0.15, -0.1) is 11.3 Å². The topological polar surface area (TPSA) is 17.3 Å². The van der Waals surface area contributed by atoms with Gasteiger partial charge in [-0.25, -0.2) is 4.98 Å². The molecule has 0 saturated carbocycles. The lowest BCUT2D eigenvalue weighted by Crippen LogP contribution is -1.77. The Balaban J connectivity index is 2.11. The second-order valence-corrected chi connectivity index (χ2v) is 4.88. The van der Waals surface area contributed by atoms with Gasteiger partial charge in [-0.2, -0.15) is 0 Å². The fourth-order valence-electron chi connectivity index (χ4n) is 1.76. The molecule has 2 nitrogen and oxygen atoms in total. The summed E-state index contributed by atoms with van der Waals surface area (Å²) in [5.41, 5.74) is 2.07. The van der Waals surface area contributed by atoms with Crippen LogP contribution >= 0.6 is 11.3 Å². The van der Waals surface area contributed by atoms with Crippen LogP contribution in [-0.4, -0.2) is 9.38 Å². The maximum absolute atomic E-state index is 4.60. The Morgan fingerprint density at radius 1 is 1.25 bits per heavy atom. The van der Waals surface area contributed by atoms with Crippen LogP contribution < -0.4 is 0 Å². The van der Waals surface area contributed by atoms with Crippen LogP contribution in [0.4, 0.5) is 0 Å². The summed E-state index contributed by atoms with van der Waals surface area (Å²) in [4.78, 5) is 7.26. The Kier molecular flexibility index (Phi) is 2.26. The molecule has 0 aromatic carbocycles. The monoisotopic (exact) mass is 228 g/mol. The molecule has 0 aliphatic rings. The quantitative estimate of drug-likeness (QED) is 0.654. The highest BCUT2D eigenvalue weighted by Crippen LogP contribution is 2.27. The highest BCUT2D eigenvalue weighted by molar-refractivity contribution is 7.15. The zero-order chi connectivity index (χ0) is 11.0. The van der Waals surface area contributed by atoms with Crippen LogP contribution in [0.5, 0.6) is 0 Å². The minimum absolute atomic E-state index is 1.00. The van der Waals surface area contributed by atoms with E-state index in [0.717, 1.165) is 17.8 Å². The summed E-state index contributed by atoms with van der Waals surface area (Å²) in [7, 11) is 0. The molecule has 0 aliphatic heterocycles. The summed E-state index contributed by atoms with van der Waals surface area (Å²) >= 11 is 1.83. The molecule has 0 bridgehead atoms. The second-order valence-electron chi connectivity index (χ2n) is 3.71. The van der Waals surface area contributed by atoms with Gasteiger partial charge >= 0.3 is 0 Å². The zero-order valence-electron chi connectivity index (χ0n) is 9.05. The summed E-state index contributed by atoms with van der Waals surface area (Å²) in [6.45, 7) is 2.18. The Labute approximate surface area is 98.2 Å². The third kappa shape index (κ3) is 1.53. The smallest absolute Gasteiger partial charge is 0.137 e. The molecule has 0 spiro atoms. The molecule has 0 unspecified atom stereocenters. The molecular formula is C13H12N2S. The van der Waals surface area contributed by atoms with Crippen LogP contribution in [0.3, 0.4) is 0 Å². The van der Waals surface area contributed by atoms with Gasteiger partial charge in [0.2, 0.25) is 0 Å². The minimum atomic E-state index is 1.00. The van der Waals surface area contributed by atoms with E-state index in [9.17, 15) is 0 Å². The van der Waals surface area contributed by atoms with Crippen LogP contribution in [-0.2, 0) is 6.42 Å².